The third-order valence-electron chi connectivity index (χ3n) is 3.20. The van der Waals surface area contributed by atoms with Gasteiger partial charge in [0.15, 0.2) is 0 Å². The van der Waals surface area contributed by atoms with E-state index in [1.54, 1.807) is 30.1 Å². The van der Waals surface area contributed by atoms with E-state index in [4.69, 9.17) is 22.1 Å². The Kier molecular flexibility index (Phi) is 6.49. The fraction of sp³-hybridized carbons (Fsp3) is 0.562. The summed E-state index contributed by atoms with van der Waals surface area (Å²) in [5.74, 6) is 0.466. The van der Waals surface area contributed by atoms with E-state index in [1.807, 2.05) is 20.8 Å². The lowest BCUT2D eigenvalue weighted by atomic mass is 9.93. The molecule has 0 radical (unpaired) electrons. The Hall–Kier alpha value is -1.26. The Labute approximate surface area is 132 Å². The summed E-state index contributed by atoms with van der Waals surface area (Å²) in [5.41, 5.74) is 6.09. The molecule has 0 aliphatic carbocycles. The Bertz CT molecular complexity index is 489. The van der Waals surface area contributed by atoms with Gasteiger partial charge in [0.05, 0.1) is 12.2 Å². The van der Waals surface area contributed by atoms with E-state index >= 15 is 0 Å². The molecule has 0 unspecified atom stereocenters. The molecule has 0 saturated carbocycles. The summed E-state index contributed by atoms with van der Waals surface area (Å²) >= 11 is 6.01. The predicted molar refractivity (Wildman–Crippen MR) is 87.0 cm³/mol. The third-order valence-corrected chi connectivity index (χ3v) is 3.43. The lowest BCUT2D eigenvalue weighted by molar-refractivity contribution is 0.0736. The van der Waals surface area contributed by atoms with Crippen LogP contribution in [0.4, 0.5) is 0 Å². The van der Waals surface area contributed by atoms with Gasteiger partial charge >= 0.3 is 0 Å². The summed E-state index contributed by atoms with van der Waals surface area (Å²) in [6, 6.07) is 5.13. The number of carbonyl (C=O) groups is 1. The molecule has 0 spiro atoms. The molecule has 5 heteroatoms. The molecule has 0 aliphatic rings. The van der Waals surface area contributed by atoms with Crippen molar-refractivity contribution in [2.75, 3.05) is 26.7 Å². The highest BCUT2D eigenvalue weighted by atomic mass is 35.5. The van der Waals surface area contributed by atoms with E-state index in [0.717, 1.165) is 6.42 Å². The van der Waals surface area contributed by atoms with E-state index in [2.05, 4.69) is 0 Å². The molecule has 1 rings (SSSR count). The predicted octanol–water partition coefficient (Wildman–Crippen LogP) is 3.19. The molecule has 4 nitrogen and oxygen atoms in total. The highest BCUT2D eigenvalue weighted by Crippen LogP contribution is 2.25. The standard InChI is InChI=1S/C16H25ClN2O2/c1-5-8-21-14-7-6-12(17)9-13(14)15(20)19(4)11-16(2,3)10-18/h6-7,9H,5,8,10-11,18H2,1-4H3. The van der Waals surface area contributed by atoms with Gasteiger partial charge in [0, 0.05) is 18.6 Å². The van der Waals surface area contributed by atoms with Crippen LogP contribution in [0.2, 0.25) is 5.02 Å². The maximum Gasteiger partial charge on any atom is 0.257 e. The van der Waals surface area contributed by atoms with Crippen LogP contribution in [-0.4, -0.2) is 37.6 Å². The van der Waals surface area contributed by atoms with Crippen LogP contribution in [0.1, 0.15) is 37.6 Å². The molecular weight excluding hydrogens is 288 g/mol. The van der Waals surface area contributed by atoms with E-state index < -0.39 is 0 Å². The number of benzene rings is 1. The van der Waals surface area contributed by atoms with Crippen molar-refractivity contribution in [1.29, 1.82) is 0 Å². The monoisotopic (exact) mass is 312 g/mol. The number of hydrogen-bond donors (Lipinski definition) is 1. The average molecular weight is 313 g/mol. The van der Waals surface area contributed by atoms with E-state index in [-0.39, 0.29) is 11.3 Å². The van der Waals surface area contributed by atoms with Crippen molar-refractivity contribution < 1.29 is 9.53 Å². The molecule has 0 atom stereocenters. The zero-order valence-corrected chi connectivity index (χ0v) is 14.0. The van der Waals surface area contributed by atoms with Crippen LogP contribution in [0, 0.1) is 5.41 Å². The molecule has 0 saturated heterocycles. The van der Waals surface area contributed by atoms with Crippen molar-refractivity contribution in [3.8, 4) is 5.75 Å². The lowest BCUT2D eigenvalue weighted by Crippen LogP contribution is -2.39. The van der Waals surface area contributed by atoms with Crippen LogP contribution in [0.5, 0.6) is 5.75 Å². The van der Waals surface area contributed by atoms with Gasteiger partial charge in [-0.3, -0.25) is 4.79 Å². The first-order valence-electron chi connectivity index (χ1n) is 7.18. The zero-order chi connectivity index (χ0) is 16.0. The van der Waals surface area contributed by atoms with Crippen molar-refractivity contribution in [2.24, 2.45) is 11.1 Å². The van der Waals surface area contributed by atoms with Gasteiger partial charge < -0.3 is 15.4 Å². The number of nitrogens with two attached hydrogens (primary N) is 1. The normalized spacial score (nSPS) is 11.3. The first-order valence-corrected chi connectivity index (χ1v) is 7.56. The summed E-state index contributed by atoms with van der Waals surface area (Å²) in [4.78, 5) is 14.3. The van der Waals surface area contributed by atoms with Gasteiger partial charge in [0.1, 0.15) is 5.75 Å². The fourth-order valence-electron chi connectivity index (χ4n) is 1.99. The fourth-order valence-corrected chi connectivity index (χ4v) is 2.16. The summed E-state index contributed by atoms with van der Waals surface area (Å²) in [6.07, 6.45) is 0.881. The van der Waals surface area contributed by atoms with E-state index in [0.29, 0.717) is 36.0 Å². The number of halogens is 1. The van der Waals surface area contributed by atoms with Crippen LogP contribution in [0.25, 0.3) is 0 Å². The summed E-state index contributed by atoms with van der Waals surface area (Å²) in [7, 11) is 1.77. The SMILES string of the molecule is CCCOc1ccc(Cl)cc1C(=O)N(C)CC(C)(C)CN. The third kappa shape index (κ3) is 5.21. The van der Waals surface area contributed by atoms with Crippen LogP contribution in [0.3, 0.4) is 0 Å². The first-order chi connectivity index (χ1) is 9.80. The molecule has 1 amide bonds. The Morgan fingerprint density at radius 3 is 2.67 bits per heavy atom. The van der Waals surface area contributed by atoms with Crippen molar-refractivity contribution in [1.82, 2.24) is 4.90 Å². The first kappa shape index (κ1) is 17.8. The van der Waals surface area contributed by atoms with Crippen molar-refractivity contribution >= 4 is 17.5 Å². The zero-order valence-electron chi connectivity index (χ0n) is 13.3. The summed E-state index contributed by atoms with van der Waals surface area (Å²) in [6.45, 7) is 7.74. The minimum atomic E-state index is -0.132. The number of carbonyl (C=O) groups excluding carboxylic acids is 1. The van der Waals surface area contributed by atoms with Gasteiger partial charge in [-0.25, -0.2) is 0 Å². The number of ether oxygens (including phenoxy) is 1. The van der Waals surface area contributed by atoms with Gasteiger partial charge in [-0.05, 0) is 36.6 Å². The lowest BCUT2D eigenvalue weighted by Gasteiger charge is -2.29. The highest BCUT2D eigenvalue weighted by molar-refractivity contribution is 6.31. The molecule has 0 bridgehead atoms. The summed E-state index contributed by atoms with van der Waals surface area (Å²) in [5, 5.41) is 0.522. The minimum absolute atomic E-state index is 0.106. The topological polar surface area (TPSA) is 55.6 Å². The number of rotatable bonds is 7. The maximum atomic E-state index is 12.6. The van der Waals surface area contributed by atoms with Gasteiger partial charge in [-0.2, -0.15) is 0 Å². The number of hydrogen-bond acceptors (Lipinski definition) is 3. The molecule has 21 heavy (non-hydrogen) atoms. The second-order valence-electron chi connectivity index (χ2n) is 6.02. The number of amides is 1. The van der Waals surface area contributed by atoms with Crippen LogP contribution in [0.15, 0.2) is 18.2 Å². The molecule has 0 heterocycles. The Balaban J connectivity index is 2.97. The maximum absolute atomic E-state index is 12.6. The van der Waals surface area contributed by atoms with Crippen LogP contribution >= 0.6 is 11.6 Å². The highest BCUT2D eigenvalue weighted by Gasteiger charge is 2.24. The van der Waals surface area contributed by atoms with E-state index in [1.165, 1.54) is 0 Å². The van der Waals surface area contributed by atoms with Crippen LogP contribution < -0.4 is 10.5 Å². The van der Waals surface area contributed by atoms with Crippen molar-refractivity contribution in [3.05, 3.63) is 28.8 Å². The van der Waals surface area contributed by atoms with Gasteiger partial charge in [0.2, 0.25) is 0 Å². The second-order valence-corrected chi connectivity index (χ2v) is 6.45. The Morgan fingerprint density at radius 2 is 2.10 bits per heavy atom. The molecule has 0 aliphatic heterocycles. The molecule has 0 aromatic heterocycles. The van der Waals surface area contributed by atoms with Gasteiger partial charge in [-0.1, -0.05) is 32.4 Å². The van der Waals surface area contributed by atoms with Gasteiger partial charge in [-0.15, -0.1) is 0 Å². The van der Waals surface area contributed by atoms with E-state index in [9.17, 15) is 4.79 Å². The minimum Gasteiger partial charge on any atom is -0.493 e. The van der Waals surface area contributed by atoms with Crippen LogP contribution in [-0.2, 0) is 0 Å². The van der Waals surface area contributed by atoms with Crippen molar-refractivity contribution in [3.63, 3.8) is 0 Å². The largest absolute Gasteiger partial charge is 0.493 e. The molecule has 0 fully saturated rings. The quantitative estimate of drug-likeness (QED) is 0.841. The van der Waals surface area contributed by atoms with Crippen molar-refractivity contribution in [2.45, 2.75) is 27.2 Å². The molecule has 118 valence electrons. The number of nitrogens with zero attached hydrogens (tertiary/aromatic N) is 1. The molecule has 1 aromatic carbocycles. The smallest absolute Gasteiger partial charge is 0.257 e. The molecule has 1 aromatic rings. The summed E-state index contributed by atoms with van der Waals surface area (Å²) < 4.78 is 5.64. The van der Waals surface area contributed by atoms with Gasteiger partial charge in [0.25, 0.3) is 5.91 Å². The average Bonchev–Trinajstić information content (AvgIpc) is 2.44. The second kappa shape index (κ2) is 7.66. The molecule has 2 N–H and O–H groups in total. The Morgan fingerprint density at radius 1 is 1.43 bits per heavy atom. The molecular formula is C16H25ClN2O2.